The van der Waals surface area contributed by atoms with Gasteiger partial charge in [-0.15, -0.1) is 0 Å². The summed E-state index contributed by atoms with van der Waals surface area (Å²) in [5, 5.41) is 3.34. The van der Waals surface area contributed by atoms with Crippen molar-refractivity contribution in [3.8, 4) is 0 Å². The maximum atomic E-state index is 11.9. The van der Waals surface area contributed by atoms with Crippen molar-refractivity contribution in [3.05, 3.63) is 41.5 Å². The molecule has 0 saturated carbocycles. The maximum Gasteiger partial charge on any atom is 0.233 e. The van der Waals surface area contributed by atoms with Gasteiger partial charge in [0.2, 0.25) is 11.6 Å². The number of carbonyl (C=O) groups excluding carboxylic acids is 2. The van der Waals surface area contributed by atoms with Crippen molar-refractivity contribution in [1.29, 1.82) is 0 Å². The summed E-state index contributed by atoms with van der Waals surface area (Å²) >= 11 is 0. The van der Waals surface area contributed by atoms with Gasteiger partial charge < -0.3 is 5.32 Å². The van der Waals surface area contributed by atoms with Gasteiger partial charge in [-0.1, -0.05) is 82.6 Å². The normalized spacial score (nSPS) is 13.6. The van der Waals surface area contributed by atoms with Gasteiger partial charge in [-0.25, -0.2) is 0 Å². The third-order valence-electron chi connectivity index (χ3n) is 4.56. The number of benzene rings is 1. The van der Waals surface area contributed by atoms with E-state index in [0.29, 0.717) is 5.56 Å². The second-order valence-electron chi connectivity index (χ2n) is 6.55. The number of carbonyl (C=O) groups is 2. The van der Waals surface area contributed by atoms with Crippen LogP contribution < -0.4 is 5.32 Å². The largest absolute Gasteiger partial charge is 0.384 e. The number of Topliss-reactive ketones (excluding diaryl/α,β-unsaturated/α-hetero) is 1. The van der Waals surface area contributed by atoms with Gasteiger partial charge in [-0.2, -0.15) is 0 Å². The van der Waals surface area contributed by atoms with Gasteiger partial charge in [-0.05, 0) is 6.42 Å². The van der Waals surface area contributed by atoms with Crippen LogP contribution in [0.15, 0.2) is 30.3 Å². The van der Waals surface area contributed by atoms with Gasteiger partial charge >= 0.3 is 0 Å². The molecule has 0 amide bonds. The van der Waals surface area contributed by atoms with Gasteiger partial charge in [0.05, 0.1) is 0 Å². The van der Waals surface area contributed by atoms with E-state index in [1.807, 2.05) is 12.1 Å². The van der Waals surface area contributed by atoms with E-state index in [1.165, 1.54) is 57.4 Å². The molecular formula is C21H29NO2. The van der Waals surface area contributed by atoms with E-state index in [2.05, 4.69) is 12.2 Å². The third kappa shape index (κ3) is 5.33. The molecule has 130 valence electrons. The fourth-order valence-electron chi connectivity index (χ4n) is 3.13. The van der Waals surface area contributed by atoms with Crippen LogP contribution in [0, 0.1) is 0 Å². The zero-order valence-electron chi connectivity index (χ0n) is 14.8. The lowest BCUT2D eigenvalue weighted by atomic mass is 9.93. The summed E-state index contributed by atoms with van der Waals surface area (Å²) in [4.78, 5) is 23.7. The number of fused-ring (bicyclic) bond motifs is 1. The van der Waals surface area contributed by atoms with Crippen molar-refractivity contribution < 1.29 is 9.59 Å². The molecule has 0 atom stereocenters. The quantitative estimate of drug-likeness (QED) is 0.464. The zero-order valence-corrected chi connectivity index (χ0v) is 14.8. The Morgan fingerprint density at radius 3 is 2.04 bits per heavy atom. The number of ketones is 2. The van der Waals surface area contributed by atoms with E-state index in [9.17, 15) is 9.59 Å². The van der Waals surface area contributed by atoms with Crippen LogP contribution >= 0.6 is 0 Å². The van der Waals surface area contributed by atoms with E-state index in [1.54, 1.807) is 12.1 Å². The second kappa shape index (κ2) is 10.1. The Morgan fingerprint density at radius 1 is 0.792 bits per heavy atom. The lowest BCUT2D eigenvalue weighted by Crippen LogP contribution is -2.24. The predicted octanol–water partition coefficient (Wildman–Crippen LogP) is 4.91. The average molecular weight is 327 g/mol. The number of rotatable bonds is 11. The van der Waals surface area contributed by atoms with E-state index < -0.39 is 11.6 Å². The first-order valence-corrected chi connectivity index (χ1v) is 9.37. The highest BCUT2D eigenvalue weighted by Gasteiger charge is 2.24. The molecule has 0 radical (unpaired) electrons. The lowest BCUT2D eigenvalue weighted by Gasteiger charge is -2.17. The first-order chi connectivity index (χ1) is 11.7. The highest BCUT2D eigenvalue weighted by atomic mass is 16.2. The molecule has 1 aliphatic carbocycles. The van der Waals surface area contributed by atoms with Crippen molar-refractivity contribution in [2.75, 3.05) is 6.54 Å². The lowest BCUT2D eigenvalue weighted by molar-refractivity contribution is -0.111. The molecule has 0 bridgehead atoms. The molecule has 2 rings (SSSR count). The molecule has 1 N–H and O–H groups in total. The molecule has 1 aromatic rings. The highest BCUT2D eigenvalue weighted by molar-refractivity contribution is 6.50. The van der Waals surface area contributed by atoms with Crippen LogP contribution in [0.3, 0.4) is 0 Å². The molecule has 3 heteroatoms. The molecular weight excluding hydrogens is 298 g/mol. The molecule has 1 aromatic carbocycles. The number of nitrogens with one attached hydrogen (secondary N) is 1. The number of unbranched alkanes of at least 4 members (excludes halogenated alkanes) is 8. The van der Waals surface area contributed by atoms with Gasteiger partial charge in [0.25, 0.3) is 0 Å². The van der Waals surface area contributed by atoms with Crippen molar-refractivity contribution in [2.45, 2.75) is 64.7 Å². The van der Waals surface area contributed by atoms with Crippen LogP contribution in [-0.2, 0) is 4.79 Å². The van der Waals surface area contributed by atoms with Crippen molar-refractivity contribution >= 4 is 17.3 Å². The van der Waals surface area contributed by atoms with Gasteiger partial charge in [-0.3, -0.25) is 9.59 Å². The summed E-state index contributed by atoms with van der Waals surface area (Å²) in [6.45, 7) is 3.09. The molecule has 0 spiro atoms. The summed E-state index contributed by atoms with van der Waals surface area (Å²) in [5.74, 6) is -0.831. The molecule has 1 aliphatic rings. The van der Waals surface area contributed by atoms with Gasteiger partial charge in [0.15, 0.2) is 0 Å². The Hall–Kier alpha value is -1.90. The van der Waals surface area contributed by atoms with Crippen molar-refractivity contribution in [1.82, 2.24) is 5.32 Å². The third-order valence-corrected chi connectivity index (χ3v) is 4.56. The Balaban J connectivity index is 1.67. The van der Waals surface area contributed by atoms with Crippen LogP contribution in [-0.4, -0.2) is 18.1 Å². The summed E-state index contributed by atoms with van der Waals surface area (Å²) in [6.07, 6.45) is 13.1. The zero-order chi connectivity index (χ0) is 17.2. The smallest absolute Gasteiger partial charge is 0.233 e. The molecule has 0 aliphatic heterocycles. The fourth-order valence-corrected chi connectivity index (χ4v) is 3.13. The molecule has 0 fully saturated rings. The Bertz CT molecular complexity index is 589. The SMILES string of the molecule is CCCCCCCCCCCNC1=CC(=O)C(=O)c2ccccc21. The van der Waals surface area contributed by atoms with Gasteiger partial charge in [0.1, 0.15) is 0 Å². The minimum atomic E-state index is -0.428. The molecule has 0 saturated heterocycles. The number of allylic oxidation sites excluding steroid dienone is 1. The maximum absolute atomic E-state index is 11.9. The second-order valence-corrected chi connectivity index (χ2v) is 6.55. The van der Waals surface area contributed by atoms with Crippen LogP contribution in [0.2, 0.25) is 0 Å². The Morgan fingerprint density at radius 2 is 1.38 bits per heavy atom. The summed E-state index contributed by atoms with van der Waals surface area (Å²) in [5.41, 5.74) is 2.15. The van der Waals surface area contributed by atoms with E-state index in [4.69, 9.17) is 0 Å². The molecule has 0 heterocycles. The van der Waals surface area contributed by atoms with Gasteiger partial charge in [0, 0.05) is 29.4 Å². The van der Waals surface area contributed by atoms with Crippen LogP contribution in [0.4, 0.5) is 0 Å². The van der Waals surface area contributed by atoms with Crippen LogP contribution in [0.1, 0.15) is 80.6 Å². The number of hydrogen-bond acceptors (Lipinski definition) is 3. The summed E-state index contributed by atoms with van der Waals surface area (Å²) < 4.78 is 0. The Labute approximate surface area is 145 Å². The van der Waals surface area contributed by atoms with Crippen LogP contribution in [0.5, 0.6) is 0 Å². The summed E-state index contributed by atoms with van der Waals surface area (Å²) in [6, 6.07) is 7.32. The highest BCUT2D eigenvalue weighted by Crippen LogP contribution is 2.22. The average Bonchev–Trinajstić information content (AvgIpc) is 2.60. The monoisotopic (exact) mass is 327 g/mol. The first kappa shape index (κ1) is 18.4. The molecule has 0 aromatic heterocycles. The Kier molecular flexibility index (Phi) is 7.73. The molecule has 24 heavy (non-hydrogen) atoms. The van der Waals surface area contributed by atoms with E-state index in [0.717, 1.165) is 24.2 Å². The van der Waals surface area contributed by atoms with Crippen molar-refractivity contribution in [3.63, 3.8) is 0 Å². The van der Waals surface area contributed by atoms with Crippen LogP contribution in [0.25, 0.3) is 5.70 Å². The van der Waals surface area contributed by atoms with Crippen molar-refractivity contribution in [2.24, 2.45) is 0 Å². The molecule has 0 unspecified atom stereocenters. The first-order valence-electron chi connectivity index (χ1n) is 9.37. The fraction of sp³-hybridized carbons (Fsp3) is 0.524. The standard InChI is InChI=1S/C21H29NO2/c1-2-3-4-5-6-7-8-9-12-15-22-19-16-20(23)21(24)18-14-11-10-13-17(18)19/h10-11,13-14,16,22H,2-9,12,15H2,1H3. The predicted molar refractivity (Wildman–Crippen MR) is 99.0 cm³/mol. The topological polar surface area (TPSA) is 46.2 Å². The van der Waals surface area contributed by atoms with E-state index in [-0.39, 0.29) is 0 Å². The summed E-state index contributed by atoms with van der Waals surface area (Å²) in [7, 11) is 0. The van der Waals surface area contributed by atoms with E-state index >= 15 is 0 Å². The molecule has 3 nitrogen and oxygen atoms in total. The minimum Gasteiger partial charge on any atom is -0.384 e. The minimum absolute atomic E-state index is 0.403. The number of hydrogen-bond donors (Lipinski definition) is 1.